The van der Waals surface area contributed by atoms with E-state index in [9.17, 15) is 9.59 Å². The van der Waals surface area contributed by atoms with Crippen molar-refractivity contribution < 1.29 is 9.21 Å². The summed E-state index contributed by atoms with van der Waals surface area (Å²) >= 11 is 0. The molecule has 3 aromatic rings. The standard InChI is InChI=1S/C19H20N2O3/c1-3-10-21-11-9-15-17(19(21)23)16(13(2)24-15)18(22)20-12-14-7-5-4-6-8-14/h4-9,11H,3,10,12H2,1-2H3,(H,20,22). The molecule has 5 heteroatoms. The van der Waals surface area contributed by atoms with Crippen molar-refractivity contribution in [2.45, 2.75) is 33.4 Å². The number of hydrogen-bond donors (Lipinski definition) is 1. The van der Waals surface area contributed by atoms with Crippen LogP contribution in [-0.4, -0.2) is 10.5 Å². The van der Waals surface area contributed by atoms with Crippen molar-refractivity contribution in [1.82, 2.24) is 9.88 Å². The third-order valence-electron chi connectivity index (χ3n) is 3.98. The quantitative estimate of drug-likeness (QED) is 0.783. The van der Waals surface area contributed by atoms with E-state index in [1.54, 1.807) is 23.8 Å². The van der Waals surface area contributed by atoms with Gasteiger partial charge in [-0.05, 0) is 25.0 Å². The van der Waals surface area contributed by atoms with Gasteiger partial charge in [-0.25, -0.2) is 0 Å². The van der Waals surface area contributed by atoms with Crippen molar-refractivity contribution in [1.29, 1.82) is 0 Å². The molecule has 0 saturated heterocycles. The van der Waals surface area contributed by atoms with Crippen LogP contribution in [0.3, 0.4) is 0 Å². The van der Waals surface area contributed by atoms with Gasteiger partial charge in [-0.3, -0.25) is 9.59 Å². The maximum Gasteiger partial charge on any atom is 0.262 e. The van der Waals surface area contributed by atoms with Gasteiger partial charge in [-0.15, -0.1) is 0 Å². The lowest BCUT2D eigenvalue weighted by molar-refractivity contribution is 0.0950. The number of fused-ring (bicyclic) bond motifs is 1. The monoisotopic (exact) mass is 324 g/mol. The number of rotatable bonds is 5. The van der Waals surface area contributed by atoms with Crippen LogP contribution in [0, 0.1) is 6.92 Å². The predicted octanol–water partition coefficient (Wildman–Crippen LogP) is 3.24. The van der Waals surface area contributed by atoms with Gasteiger partial charge >= 0.3 is 0 Å². The largest absolute Gasteiger partial charge is 0.460 e. The molecule has 0 atom stereocenters. The zero-order chi connectivity index (χ0) is 17.1. The Morgan fingerprint density at radius 3 is 2.67 bits per heavy atom. The normalized spacial score (nSPS) is 10.9. The lowest BCUT2D eigenvalue weighted by Gasteiger charge is -2.06. The molecule has 0 aliphatic rings. The van der Waals surface area contributed by atoms with Crippen LogP contribution in [0.1, 0.15) is 35.0 Å². The summed E-state index contributed by atoms with van der Waals surface area (Å²) in [5.74, 6) is 0.170. The van der Waals surface area contributed by atoms with Crippen LogP contribution >= 0.6 is 0 Å². The smallest absolute Gasteiger partial charge is 0.262 e. The number of benzene rings is 1. The van der Waals surface area contributed by atoms with Gasteiger partial charge in [0.1, 0.15) is 11.3 Å². The fourth-order valence-electron chi connectivity index (χ4n) is 2.82. The van der Waals surface area contributed by atoms with Gasteiger partial charge in [-0.2, -0.15) is 0 Å². The van der Waals surface area contributed by atoms with Crippen LogP contribution in [0.4, 0.5) is 0 Å². The molecule has 0 unspecified atom stereocenters. The molecule has 2 aromatic heterocycles. The topological polar surface area (TPSA) is 64.2 Å². The second-order valence-electron chi connectivity index (χ2n) is 5.76. The molecule has 0 bridgehead atoms. The second-order valence-corrected chi connectivity index (χ2v) is 5.76. The van der Waals surface area contributed by atoms with Crippen molar-refractivity contribution in [2.75, 3.05) is 0 Å². The van der Waals surface area contributed by atoms with Gasteiger partial charge in [0, 0.05) is 19.3 Å². The molecule has 124 valence electrons. The lowest BCUT2D eigenvalue weighted by Crippen LogP contribution is -2.26. The Balaban J connectivity index is 1.95. The number of aromatic nitrogens is 1. The maximum absolute atomic E-state index is 12.7. The van der Waals surface area contributed by atoms with Gasteiger partial charge in [0.2, 0.25) is 0 Å². The zero-order valence-corrected chi connectivity index (χ0v) is 13.8. The number of carbonyl (C=O) groups excluding carboxylic acids is 1. The van der Waals surface area contributed by atoms with E-state index in [4.69, 9.17) is 4.42 Å². The molecule has 1 aromatic carbocycles. The number of aryl methyl sites for hydroxylation is 2. The number of carbonyl (C=O) groups is 1. The van der Waals surface area contributed by atoms with Crippen molar-refractivity contribution in [3.8, 4) is 0 Å². The minimum absolute atomic E-state index is 0.184. The van der Waals surface area contributed by atoms with Gasteiger partial charge in [0.25, 0.3) is 11.5 Å². The summed E-state index contributed by atoms with van der Waals surface area (Å²) < 4.78 is 7.23. The molecule has 0 aliphatic heterocycles. The highest BCUT2D eigenvalue weighted by atomic mass is 16.3. The third kappa shape index (κ3) is 2.97. The summed E-state index contributed by atoms with van der Waals surface area (Å²) in [6, 6.07) is 11.4. The Kier molecular flexibility index (Phi) is 4.51. The van der Waals surface area contributed by atoms with Gasteiger partial charge in [-0.1, -0.05) is 37.3 Å². The molecule has 0 aliphatic carbocycles. The molecule has 0 fully saturated rings. The Morgan fingerprint density at radius 1 is 1.21 bits per heavy atom. The van der Waals surface area contributed by atoms with Crippen LogP contribution in [0.2, 0.25) is 0 Å². The first-order valence-corrected chi connectivity index (χ1v) is 8.06. The van der Waals surface area contributed by atoms with E-state index < -0.39 is 0 Å². The SMILES string of the molecule is CCCn1ccc2oc(C)c(C(=O)NCc3ccccc3)c2c1=O. The molecule has 1 N–H and O–H groups in total. The Morgan fingerprint density at radius 2 is 1.96 bits per heavy atom. The van der Waals surface area contributed by atoms with E-state index in [1.165, 1.54) is 0 Å². The number of nitrogens with zero attached hydrogens (tertiary/aromatic N) is 1. The van der Waals surface area contributed by atoms with Gasteiger partial charge in [0.05, 0.1) is 10.9 Å². The summed E-state index contributed by atoms with van der Waals surface area (Å²) in [6.07, 6.45) is 2.56. The molecule has 2 heterocycles. The van der Waals surface area contributed by atoms with Crippen LogP contribution in [-0.2, 0) is 13.1 Å². The molecular weight excluding hydrogens is 304 g/mol. The molecule has 24 heavy (non-hydrogen) atoms. The summed E-state index contributed by atoms with van der Waals surface area (Å²) in [5.41, 5.74) is 1.60. The van der Waals surface area contributed by atoms with Crippen LogP contribution in [0.15, 0.2) is 51.8 Å². The predicted molar refractivity (Wildman–Crippen MR) is 93.1 cm³/mol. The highest BCUT2D eigenvalue weighted by Gasteiger charge is 2.21. The Bertz CT molecular complexity index is 923. The average molecular weight is 324 g/mol. The van der Waals surface area contributed by atoms with Crippen LogP contribution < -0.4 is 10.9 Å². The highest BCUT2D eigenvalue weighted by molar-refractivity contribution is 6.06. The first kappa shape index (κ1) is 16.1. The highest BCUT2D eigenvalue weighted by Crippen LogP contribution is 2.22. The molecule has 1 amide bonds. The summed E-state index contributed by atoms with van der Waals surface area (Å²) in [4.78, 5) is 25.3. The van der Waals surface area contributed by atoms with Gasteiger partial charge in [0.15, 0.2) is 0 Å². The first-order valence-electron chi connectivity index (χ1n) is 8.06. The fraction of sp³-hybridized carbons (Fsp3) is 0.263. The Labute approximate surface area is 139 Å². The van der Waals surface area contributed by atoms with Crippen LogP contribution in [0.25, 0.3) is 11.0 Å². The summed E-state index contributed by atoms with van der Waals surface area (Å²) in [7, 11) is 0. The molecule has 3 rings (SSSR count). The molecule has 0 saturated carbocycles. The minimum Gasteiger partial charge on any atom is -0.460 e. The molecule has 5 nitrogen and oxygen atoms in total. The van der Waals surface area contributed by atoms with Crippen molar-refractivity contribution >= 4 is 16.9 Å². The van der Waals surface area contributed by atoms with Gasteiger partial charge < -0.3 is 14.3 Å². The number of hydrogen-bond acceptors (Lipinski definition) is 3. The minimum atomic E-state index is -0.290. The van der Waals surface area contributed by atoms with E-state index in [-0.39, 0.29) is 11.5 Å². The van der Waals surface area contributed by atoms with E-state index in [0.717, 1.165) is 12.0 Å². The number of furan rings is 1. The number of pyridine rings is 1. The Hall–Kier alpha value is -2.82. The average Bonchev–Trinajstić information content (AvgIpc) is 2.93. The third-order valence-corrected chi connectivity index (χ3v) is 3.98. The second kappa shape index (κ2) is 6.74. The van der Waals surface area contributed by atoms with Crippen molar-refractivity contribution in [3.63, 3.8) is 0 Å². The fourth-order valence-corrected chi connectivity index (χ4v) is 2.82. The first-order chi connectivity index (χ1) is 11.6. The van der Waals surface area contributed by atoms with Crippen molar-refractivity contribution in [3.05, 3.63) is 69.8 Å². The van der Waals surface area contributed by atoms with E-state index in [1.807, 2.05) is 37.3 Å². The molecular formula is C19H20N2O3. The zero-order valence-electron chi connectivity index (χ0n) is 13.8. The lowest BCUT2D eigenvalue weighted by atomic mass is 10.1. The van der Waals surface area contributed by atoms with E-state index >= 15 is 0 Å². The summed E-state index contributed by atoms with van der Waals surface area (Å²) in [6.45, 7) is 4.73. The molecule has 0 spiro atoms. The number of nitrogens with one attached hydrogen (secondary N) is 1. The number of amides is 1. The van der Waals surface area contributed by atoms with Crippen LogP contribution in [0.5, 0.6) is 0 Å². The molecule has 0 radical (unpaired) electrons. The van der Waals surface area contributed by atoms with E-state index in [0.29, 0.717) is 35.4 Å². The maximum atomic E-state index is 12.7. The summed E-state index contributed by atoms with van der Waals surface area (Å²) in [5, 5.41) is 3.22. The van der Waals surface area contributed by atoms with E-state index in [2.05, 4.69) is 5.32 Å². The van der Waals surface area contributed by atoms with Crippen molar-refractivity contribution in [2.24, 2.45) is 0 Å².